The molecule has 3 aromatic rings. The Morgan fingerprint density at radius 2 is 1.73 bits per heavy atom. The molecular weight excluding hydrogens is 416 g/mol. The molecule has 4 rings (SSSR count). The third-order valence-electron chi connectivity index (χ3n) is 3.98. The summed E-state index contributed by atoms with van der Waals surface area (Å²) in [5, 5.41) is 10.2. The number of benzene rings is 1. The minimum Gasteiger partial charge on any atom is -0.378 e. The van der Waals surface area contributed by atoms with Gasteiger partial charge < -0.3 is 9.64 Å². The number of aryl methyl sites for hydroxylation is 1. The summed E-state index contributed by atoms with van der Waals surface area (Å²) in [5.41, 5.74) is 2.22. The van der Waals surface area contributed by atoms with Crippen LogP contribution in [0.2, 0.25) is 0 Å². The lowest BCUT2D eigenvalue weighted by atomic mass is 10.2. The molecule has 0 unspecified atom stereocenters. The van der Waals surface area contributed by atoms with Gasteiger partial charge in [-0.05, 0) is 46.7 Å². The van der Waals surface area contributed by atoms with E-state index in [9.17, 15) is 0 Å². The topological polar surface area (TPSA) is 69.0 Å². The van der Waals surface area contributed by atoms with Crippen LogP contribution in [0.15, 0.2) is 51.4 Å². The van der Waals surface area contributed by atoms with Crippen LogP contribution in [0.5, 0.6) is 0 Å². The van der Waals surface area contributed by atoms with E-state index in [1.165, 1.54) is 17.3 Å². The van der Waals surface area contributed by atoms with E-state index in [0.717, 1.165) is 34.4 Å². The van der Waals surface area contributed by atoms with E-state index in [2.05, 4.69) is 76.8 Å². The number of ether oxygens (including phenoxy) is 1. The van der Waals surface area contributed by atoms with Crippen molar-refractivity contribution in [1.29, 1.82) is 0 Å². The highest BCUT2D eigenvalue weighted by molar-refractivity contribution is 9.10. The Hall–Kier alpha value is -1.97. The number of aromatic nitrogens is 5. The maximum atomic E-state index is 5.47. The smallest absolute Gasteiger partial charge is 0.232 e. The molecule has 26 heavy (non-hydrogen) atoms. The number of rotatable bonds is 4. The fourth-order valence-electron chi connectivity index (χ4n) is 2.65. The molecule has 134 valence electrons. The van der Waals surface area contributed by atoms with Gasteiger partial charge in [-0.1, -0.05) is 17.7 Å². The quantitative estimate of drug-likeness (QED) is 0.586. The molecule has 7 nitrogen and oxygen atoms in total. The summed E-state index contributed by atoms with van der Waals surface area (Å²) in [6.45, 7) is 5.05. The fraction of sp³-hybridized carbons (Fsp3) is 0.294. The first-order valence-corrected chi connectivity index (χ1v) is 9.82. The van der Waals surface area contributed by atoms with Crippen LogP contribution in [0.4, 0.5) is 5.95 Å². The van der Waals surface area contributed by atoms with Crippen molar-refractivity contribution in [2.45, 2.75) is 17.2 Å². The second-order valence-corrected chi connectivity index (χ2v) is 7.69. The van der Waals surface area contributed by atoms with E-state index in [1.807, 2.05) is 0 Å². The maximum absolute atomic E-state index is 5.47. The highest BCUT2D eigenvalue weighted by Gasteiger charge is 2.22. The molecule has 0 aliphatic carbocycles. The Bertz CT molecular complexity index is 877. The molecule has 1 aromatic carbocycles. The van der Waals surface area contributed by atoms with Crippen molar-refractivity contribution in [3.63, 3.8) is 0 Å². The molecule has 0 spiro atoms. The minimum atomic E-state index is 0.627. The van der Waals surface area contributed by atoms with Gasteiger partial charge in [0.1, 0.15) is 0 Å². The Morgan fingerprint density at radius 3 is 2.42 bits per heavy atom. The van der Waals surface area contributed by atoms with Crippen molar-refractivity contribution in [1.82, 2.24) is 24.7 Å². The SMILES string of the molecule is Cc1ccc(-n2c(Sc3ncc(Br)cn3)nnc2N2CCOCC2)cc1. The Kier molecular flexibility index (Phi) is 5.18. The van der Waals surface area contributed by atoms with E-state index in [0.29, 0.717) is 18.4 Å². The minimum absolute atomic E-state index is 0.627. The van der Waals surface area contributed by atoms with Gasteiger partial charge in [-0.2, -0.15) is 0 Å². The Balaban J connectivity index is 1.74. The average molecular weight is 433 g/mol. The van der Waals surface area contributed by atoms with Gasteiger partial charge in [-0.15, -0.1) is 10.2 Å². The van der Waals surface area contributed by atoms with Crippen LogP contribution in [0.3, 0.4) is 0 Å². The van der Waals surface area contributed by atoms with Crippen LogP contribution >= 0.6 is 27.7 Å². The molecule has 0 amide bonds. The standard InChI is InChI=1S/C17H17BrN6OS/c1-12-2-4-14(5-3-12)24-16(23-6-8-25-9-7-23)21-22-17(24)26-15-19-10-13(18)11-20-15/h2-5,10-11H,6-9H2,1H3. The number of morpholine rings is 1. The van der Waals surface area contributed by atoms with Gasteiger partial charge in [0.05, 0.1) is 23.4 Å². The molecule has 1 aliphatic heterocycles. The second kappa shape index (κ2) is 7.73. The molecule has 2 aromatic heterocycles. The van der Waals surface area contributed by atoms with Crippen LogP contribution in [0.1, 0.15) is 5.56 Å². The summed E-state index contributed by atoms with van der Waals surface area (Å²) in [6.07, 6.45) is 3.45. The van der Waals surface area contributed by atoms with Crippen LogP contribution in [-0.2, 0) is 4.74 Å². The summed E-state index contributed by atoms with van der Waals surface area (Å²) in [6, 6.07) is 8.33. The lowest BCUT2D eigenvalue weighted by molar-refractivity contribution is 0.122. The third kappa shape index (κ3) is 3.74. The van der Waals surface area contributed by atoms with Crippen molar-refractivity contribution >= 4 is 33.6 Å². The normalized spacial score (nSPS) is 14.6. The number of nitrogens with zero attached hydrogens (tertiary/aromatic N) is 6. The number of hydrogen-bond donors (Lipinski definition) is 0. The third-order valence-corrected chi connectivity index (χ3v) is 5.23. The summed E-state index contributed by atoms with van der Waals surface area (Å²) in [5.74, 6) is 0.816. The largest absolute Gasteiger partial charge is 0.378 e. The van der Waals surface area contributed by atoms with E-state index in [-0.39, 0.29) is 0 Å². The maximum Gasteiger partial charge on any atom is 0.232 e. The highest BCUT2D eigenvalue weighted by atomic mass is 79.9. The zero-order valence-corrected chi connectivity index (χ0v) is 16.6. The molecule has 0 atom stereocenters. The van der Waals surface area contributed by atoms with Crippen molar-refractivity contribution < 1.29 is 4.74 Å². The van der Waals surface area contributed by atoms with Gasteiger partial charge >= 0.3 is 0 Å². The zero-order valence-electron chi connectivity index (χ0n) is 14.2. The molecule has 1 fully saturated rings. The number of anilines is 1. The van der Waals surface area contributed by atoms with Gasteiger partial charge in [0.25, 0.3) is 0 Å². The molecule has 0 saturated carbocycles. The van der Waals surface area contributed by atoms with Crippen molar-refractivity contribution in [2.24, 2.45) is 0 Å². The molecule has 0 radical (unpaired) electrons. The molecular formula is C17H17BrN6OS. The van der Waals surface area contributed by atoms with Gasteiger partial charge in [-0.3, -0.25) is 4.57 Å². The first-order chi connectivity index (χ1) is 12.7. The molecule has 0 N–H and O–H groups in total. The monoisotopic (exact) mass is 432 g/mol. The first kappa shape index (κ1) is 17.4. The van der Waals surface area contributed by atoms with Crippen LogP contribution in [0.25, 0.3) is 5.69 Å². The fourth-order valence-corrected chi connectivity index (χ4v) is 3.59. The van der Waals surface area contributed by atoms with Gasteiger partial charge in [0.15, 0.2) is 5.16 Å². The van der Waals surface area contributed by atoms with Gasteiger partial charge in [-0.25, -0.2) is 9.97 Å². The Labute approximate surface area is 163 Å². The average Bonchev–Trinajstić information content (AvgIpc) is 3.08. The van der Waals surface area contributed by atoms with Gasteiger partial charge in [0, 0.05) is 25.5 Å². The summed E-state index contributed by atoms with van der Waals surface area (Å²) >= 11 is 4.75. The number of halogens is 1. The predicted octanol–water partition coefficient (Wildman–Crippen LogP) is 3.12. The van der Waals surface area contributed by atoms with E-state index in [1.54, 1.807) is 12.4 Å². The summed E-state index contributed by atoms with van der Waals surface area (Å²) in [4.78, 5) is 10.9. The van der Waals surface area contributed by atoms with Crippen molar-refractivity contribution in [2.75, 3.05) is 31.2 Å². The molecule has 9 heteroatoms. The van der Waals surface area contributed by atoms with Crippen molar-refractivity contribution in [3.8, 4) is 5.69 Å². The van der Waals surface area contributed by atoms with E-state index < -0.39 is 0 Å². The number of hydrogen-bond acceptors (Lipinski definition) is 7. The zero-order chi connectivity index (χ0) is 17.9. The van der Waals surface area contributed by atoms with Crippen LogP contribution < -0.4 is 4.90 Å². The first-order valence-electron chi connectivity index (χ1n) is 8.21. The molecule has 0 bridgehead atoms. The second-order valence-electron chi connectivity index (χ2n) is 5.84. The van der Waals surface area contributed by atoms with Crippen molar-refractivity contribution in [3.05, 3.63) is 46.7 Å². The van der Waals surface area contributed by atoms with E-state index >= 15 is 0 Å². The summed E-state index contributed by atoms with van der Waals surface area (Å²) < 4.78 is 8.37. The van der Waals surface area contributed by atoms with Crippen LogP contribution in [0, 0.1) is 6.92 Å². The highest BCUT2D eigenvalue weighted by Crippen LogP contribution is 2.30. The molecule has 1 saturated heterocycles. The Morgan fingerprint density at radius 1 is 1.04 bits per heavy atom. The van der Waals surface area contributed by atoms with Crippen LogP contribution in [-0.4, -0.2) is 51.0 Å². The lowest BCUT2D eigenvalue weighted by Crippen LogP contribution is -2.37. The van der Waals surface area contributed by atoms with E-state index in [4.69, 9.17) is 4.74 Å². The summed E-state index contributed by atoms with van der Waals surface area (Å²) in [7, 11) is 0. The lowest BCUT2D eigenvalue weighted by Gasteiger charge is -2.27. The molecule has 3 heterocycles. The van der Waals surface area contributed by atoms with Gasteiger partial charge in [0.2, 0.25) is 11.1 Å². The molecule has 1 aliphatic rings. The predicted molar refractivity (Wildman–Crippen MR) is 103 cm³/mol.